The fourth-order valence-corrected chi connectivity index (χ4v) is 4.69. The van der Waals surface area contributed by atoms with Crippen molar-refractivity contribution in [2.24, 2.45) is 0 Å². The monoisotopic (exact) mass is 437 g/mol. The van der Waals surface area contributed by atoms with Gasteiger partial charge in [-0.15, -0.1) is 11.3 Å². The third kappa shape index (κ3) is 3.75. The van der Waals surface area contributed by atoms with Gasteiger partial charge in [0.25, 0.3) is 0 Å². The number of aromatic nitrogens is 4. The van der Waals surface area contributed by atoms with Crippen LogP contribution in [0.2, 0.25) is 0 Å². The molecule has 0 amide bonds. The molecular weight excluding hydrogens is 413 g/mol. The minimum atomic E-state index is -0.247. The molecule has 3 aromatic heterocycles. The van der Waals surface area contributed by atoms with Crippen LogP contribution in [0.1, 0.15) is 12.6 Å². The van der Waals surface area contributed by atoms with Gasteiger partial charge in [0, 0.05) is 44.2 Å². The molecule has 4 heterocycles. The number of piperazine rings is 1. The highest BCUT2D eigenvalue weighted by molar-refractivity contribution is 7.14. The van der Waals surface area contributed by atoms with Gasteiger partial charge in [-0.1, -0.05) is 6.92 Å². The first kappa shape index (κ1) is 19.9. The number of fused-ring (bicyclic) bond motifs is 1. The second-order valence-corrected chi connectivity index (χ2v) is 8.36. The molecule has 31 heavy (non-hydrogen) atoms. The van der Waals surface area contributed by atoms with E-state index in [1.807, 2.05) is 18.6 Å². The summed E-state index contributed by atoms with van der Waals surface area (Å²) in [5.74, 6) is 1.70. The first-order chi connectivity index (χ1) is 15.1. The van der Waals surface area contributed by atoms with Crippen LogP contribution >= 0.6 is 11.3 Å². The topological polar surface area (TPSA) is 61.6 Å². The van der Waals surface area contributed by atoms with Crippen molar-refractivity contribution in [2.75, 3.05) is 43.0 Å². The van der Waals surface area contributed by atoms with Crippen molar-refractivity contribution in [3.05, 3.63) is 53.6 Å². The van der Waals surface area contributed by atoms with Gasteiger partial charge in [-0.25, -0.2) is 19.3 Å². The van der Waals surface area contributed by atoms with Gasteiger partial charge in [-0.05, 0) is 30.7 Å². The Labute approximate surface area is 184 Å². The molecule has 1 aromatic carbocycles. The SMILES string of the molecule is CCc1nc2cnc(N3CCNCC3)cn2c1N(C)c1nc(-c2ccc(F)cc2)cs1. The summed E-state index contributed by atoms with van der Waals surface area (Å²) >= 11 is 1.56. The van der Waals surface area contributed by atoms with E-state index in [9.17, 15) is 4.39 Å². The number of nitrogens with zero attached hydrogens (tertiary/aromatic N) is 6. The normalized spacial score (nSPS) is 14.4. The lowest BCUT2D eigenvalue weighted by atomic mass is 10.2. The van der Waals surface area contributed by atoms with Crippen LogP contribution in [-0.4, -0.2) is 52.6 Å². The number of rotatable bonds is 5. The van der Waals surface area contributed by atoms with Gasteiger partial charge in [0.15, 0.2) is 10.8 Å². The third-order valence-corrected chi connectivity index (χ3v) is 6.47. The summed E-state index contributed by atoms with van der Waals surface area (Å²) < 4.78 is 15.4. The summed E-state index contributed by atoms with van der Waals surface area (Å²) in [5.41, 5.74) is 3.56. The first-order valence-electron chi connectivity index (χ1n) is 10.4. The quantitative estimate of drug-likeness (QED) is 0.513. The lowest BCUT2D eigenvalue weighted by Crippen LogP contribution is -2.44. The van der Waals surface area contributed by atoms with Crippen LogP contribution in [0.25, 0.3) is 16.9 Å². The minimum absolute atomic E-state index is 0.247. The zero-order chi connectivity index (χ0) is 21.4. The van der Waals surface area contributed by atoms with E-state index in [-0.39, 0.29) is 5.82 Å². The molecule has 0 radical (unpaired) electrons. The molecule has 4 aromatic rings. The summed E-state index contributed by atoms with van der Waals surface area (Å²) in [6.45, 7) is 5.90. The highest BCUT2D eigenvalue weighted by atomic mass is 32.1. The second-order valence-electron chi connectivity index (χ2n) is 7.53. The van der Waals surface area contributed by atoms with Crippen molar-refractivity contribution >= 4 is 33.8 Å². The molecule has 0 spiro atoms. The third-order valence-electron chi connectivity index (χ3n) is 5.55. The maximum absolute atomic E-state index is 13.3. The molecule has 1 aliphatic rings. The number of nitrogens with one attached hydrogen (secondary N) is 1. The Hall–Kier alpha value is -3.04. The highest BCUT2D eigenvalue weighted by Crippen LogP contribution is 2.34. The lowest BCUT2D eigenvalue weighted by Gasteiger charge is -2.28. The van der Waals surface area contributed by atoms with Crippen LogP contribution in [0.4, 0.5) is 21.2 Å². The number of thiazole rings is 1. The van der Waals surface area contributed by atoms with E-state index in [4.69, 9.17) is 9.97 Å². The molecule has 1 fully saturated rings. The Morgan fingerprint density at radius 1 is 1.16 bits per heavy atom. The molecule has 0 bridgehead atoms. The Balaban J connectivity index is 1.53. The molecule has 0 unspecified atom stereocenters. The standard InChI is InChI=1S/C22H24FN7S/c1-3-17-21(28(2)22-27-18(14-31-22)15-4-6-16(23)7-5-15)30-13-20(25-12-19(30)26-17)29-10-8-24-9-11-29/h4-7,12-14,24H,3,8-11H2,1-2H3. The van der Waals surface area contributed by atoms with E-state index < -0.39 is 0 Å². The van der Waals surface area contributed by atoms with Crippen molar-refractivity contribution < 1.29 is 4.39 Å². The van der Waals surface area contributed by atoms with E-state index >= 15 is 0 Å². The number of benzene rings is 1. The number of aryl methyl sites for hydroxylation is 1. The van der Waals surface area contributed by atoms with Gasteiger partial charge in [-0.3, -0.25) is 4.40 Å². The fourth-order valence-electron chi connectivity index (χ4n) is 3.89. The van der Waals surface area contributed by atoms with Crippen molar-refractivity contribution in [1.82, 2.24) is 24.7 Å². The molecule has 0 atom stereocenters. The molecule has 1 saturated heterocycles. The summed E-state index contributed by atoms with van der Waals surface area (Å²) in [6.07, 6.45) is 4.73. The Kier molecular flexibility index (Phi) is 5.29. The lowest BCUT2D eigenvalue weighted by molar-refractivity contribution is 0.584. The van der Waals surface area contributed by atoms with Gasteiger partial charge < -0.3 is 15.1 Å². The molecule has 1 N–H and O–H groups in total. The summed E-state index contributed by atoms with van der Waals surface area (Å²) in [7, 11) is 2.01. The van der Waals surface area contributed by atoms with E-state index in [1.165, 1.54) is 12.1 Å². The maximum Gasteiger partial charge on any atom is 0.191 e. The molecule has 0 aliphatic carbocycles. The second kappa shape index (κ2) is 8.24. The van der Waals surface area contributed by atoms with Gasteiger partial charge in [0.2, 0.25) is 0 Å². The van der Waals surface area contributed by atoms with Crippen LogP contribution in [0.5, 0.6) is 0 Å². The minimum Gasteiger partial charge on any atom is -0.353 e. The summed E-state index contributed by atoms with van der Waals surface area (Å²) in [5, 5.41) is 6.24. The largest absolute Gasteiger partial charge is 0.353 e. The average molecular weight is 438 g/mol. The van der Waals surface area contributed by atoms with Crippen molar-refractivity contribution in [3.8, 4) is 11.3 Å². The van der Waals surface area contributed by atoms with E-state index in [0.717, 1.165) is 72.0 Å². The Morgan fingerprint density at radius 3 is 2.68 bits per heavy atom. The van der Waals surface area contributed by atoms with E-state index in [2.05, 4.69) is 37.6 Å². The number of hydrogen-bond donors (Lipinski definition) is 1. The molecule has 160 valence electrons. The maximum atomic E-state index is 13.3. The number of imidazole rings is 1. The van der Waals surface area contributed by atoms with E-state index in [0.29, 0.717) is 0 Å². The number of halogens is 1. The van der Waals surface area contributed by atoms with Crippen molar-refractivity contribution in [2.45, 2.75) is 13.3 Å². The Bertz CT molecular complexity index is 1190. The van der Waals surface area contributed by atoms with Crippen LogP contribution in [-0.2, 0) is 6.42 Å². The van der Waals surface area contributed by atoms with Crippen LogP contribution in [0, 0.1) is 5.82 Å². The zero-order valence-corrected chi connectivity index (χ0v) is 18.4. The summed E-state index contributed by atoms with van der Waals surface area (Å²) in [6, 6.07) is 6.43. The van der Waals surface area contributed by atoms with Crippen molar-refractivity contribution in [1.29, 1.82) is 0 Å². The predicted octanol–water partition coefficient (Wildman–Crippen LogP) is 3.73. The van der Waals surface area contributed by atoms with Crippen LogP contribution in [0.3, 0.4) is 0 Å². The zero-order valence-electron chi connectivity index (χ0n) is 17.5. The van der Waals surface area contributed by atoms with Gasteiger partial charge >= 0.3 is 0 Å². The Morgan fingerprint density at radius 2 is 1.94 bits per heavy atom. The highest BCUT2D eigenvalue weighted by Gasteiger charge is 2.21. The first-order valence-corrected chi connectivity index (χ1v) is 11.3. The number of hydrogen-bond acceptors (Lipinski definition) is 7. The smallest absolute Gasteiger partial charge is 0.191 e. The fraction of sp³-hybridized carbons (Fsp3) is 0.318. The van der Waals surface area contributed by atoms with E-state index in [1.54, 1.807) is 23.5 Å². The van der Waals surface area contributed by atoms with Gasteiger partial charge in [-0.2, -0.15) is 0 Å². The molecular formula is C22H24FN7S. The molecule has 7 nitrogen and oxygen atoms in total. The molecule has 1 aliphatic heterocycles. The predicted molar refractivity (Wildman–Crippen MR) is 123 cm³/mol. The number of anilines is 3. The van der Waals surface area contributed by atoms with Crippen LogP contribution in [0.15, 0.2) is 42.0 Å². The van der Waals surface area contributed by atoms with Gasteiger partial charge in [0.05, 0.1) is 23.8 Å². The molecule has 0 saturated carbocycles. The van der Waals surface area contributed by atoms with Gasteiger partial charge in [0.1, 0.15) is 17.5 Å². The van der Waals surface area contributed by atoms with Crippen LogP contribution < -0.4 is 15.1 Å². The summed E-state index contributed by atoms with van der Waals surface area (Å²) in [4.78, 5) is 18.6. The van der Waals surface area contributed by atoms with Crippen molar-refractivity contribution in [3.63, 3.8) is 0 Å². The molecule has 5 rings (SSSR count). The molecule has 9 heteroatoms. The average Bonchev–Trinajstić information content (AvgIpc) is 3.44.